The summed E-state index contributed by atoms with van der Waals surface area (Å²) in [5, 5.41) is 14.3. The molecule has 0 fully saturated rings. The van der Waals surface area contributed by atoms with E-state index in [9.17, 15) is 14.4 Å². The number of hydrogen-bond acceptors (Lipinski definition) is 4. The predicted molar refractivity (Wildman–Crippen MR) is 112 cm³/mol. The van der Waals surface area contributed by atoms with Crippen LogP contribution in [0.4, 0.5) is 11.4 Å². The van der Waals surface area contributed by atoms with Crippen LogP contribution in [0.1, 0.15) is 37.0 Å². The first kappa shape index (κ1) is 21.8. The molecular weight excluding hydrogens is 400 g/mol. The Morgan fingerprint density at radius 2 is 1.82 bits per heavy atom. The molecule has 6 nitrogen and oxygen atoms in total. The smallest absolute Gasteiger partial charge is 0.337 e. The van der Waals surface area contributed by atoms with Crippen LogP contribution in [0.15, 0.2) is 47.4 Å². The van der Waals surface area contributed by atoms with Gasteiger partial charge in [0.15, 0.2) is 0 Å². The van der Waals surface area contributed by atoms with Crippen LogP contribution in [0, 0.1) is 0 Å². The lowest BCUT2D eigenvalue weighted by atomic mass is 10.2. The van der Waals surface area contributed by atoms with Crippen molar-refractivity contribution < 1.29 is 19.5 Å². The monoisotopic (exact) mass is 420 g/mol. The normalized spacial score (nSPS) is 11.5. The van der Waals surface area contributed by atoms with Crippen molar-refractivity contribution in [3.63, 3.8) is 0 Å². The van der Waals surface area contributed by atoms with E-state index in [0.717, 1.165) is 11.3 Å². The Morgan fingerprint density at radius 1 is 1.11 bits per heavy atom. The summed E-state index contributed by atoms with van der Waals surface area (Å²) in [7, 11) is 0. The first-order valence-corrected chi connectivity index (χ1v) is 9.96. The van der Waals surface area contributed by atoms with E-state index in [1.165, 1.54) is 23.9 Å². The Bertz CT molecular complexity index is 888. The zero-order valence-corrected chi connectivity index (χ0v) is 17.1. The Balaban J connectivity index is 2.02. The standard InChI is InChI=1S/C20H21ClN2O4S/c1-3-5-18(24)22-13-6-4-7-15(10-13)28-12(2)19(25)23-14-8-9-17(21)16(11-14)20(26)27/h4,6-12H,3,5H2,1-2H3,(H,22,24)(H,23,25)(H,26,27). The highest BCUT2D eigenvalue weighted by Gasteiger charge is 2.17. The first-order chi connectivity index (χ1) is 13.3. The van der Waals surface area contributed by atoms with Crippen molar-refractivity contribution in [3.8, 4) is 0 Å². The molecule has 2 aromatic rings. The highest BCUT2D eigenvalue weighted by molar-refractivity contribution is 8.00. The third-order valence-electron chi connectivity index (χ3n) is 3.74. The number of aromatic carboxylic acids is 1. The van der Waals surface area contributed by atoms with Crippen LogP contribution in [0.5, 0.6) is 0 Å². The number of benzene rings is 2. The Kier molecular flexibility index (Phi) is 7.90. The molecule has 1 atom stereocenters. The van der Waals surface area contributed by atoms with Gasteiger partial charge >= 0.3 is 5.97 Å². The lowest BCUT2D eigenvalue weighted by molar-refractivity contribution is -0.116. The van der Waals surface area contributed by atoms with Crippen LogP contribution in [0.25, 0.3) is 0 Å². The fraction of sp³-hybridized carbons (Fsp3) is 0.250. The van der Waals surface area contributed by atoms with Gasteiger partial charge in [-0.1, -0.05) is 24.6 Å². The first-order valence-electron chi connectivity index (χ1n) is 8.70. The van der Waals surface area contributed by atoms with E-state index in [2.05, 4.69) is 10.6 Å². The number of halogens is 1. The number of rotatable bonds is 8. The van der Waals surface area contributed by atoms with Gasteiger partial charge in [0.2, 0.25) is 11.8 Å². The molecule has 1 unspecified atom stereocenters. The molecule has 0 saturated heterocycles. The van der Waals surface area contributed by atoms with Crippen molar-refractivity contribution in [1.82, 2.24) is 0 Å². The zero-order chi connectivity index (χ0) is 20.7. The van der Waals surface area contributed by atoms with Crippen molar-refractivity contribution in [2.24, 2.45) is 0 Å². The van der Waals surface area contributed by atoms with Gasteiger partial charge in [-0.05, 0) is 49.7 Å². The molecule has 0 saturated carbocycles. The highest BCUT2D eigenvalue weighted by atomic mass is 35.5. The number of anilines is 2. The Labute approximate surface area is 172 Å². The molecule has 0 aliphatic rings. The summed E-state index contributed by atoms with van der Waals surface area (Å²) in [5.41, 5.74) is 0.968. The Morgan fingerprint density at radius 3 is 2.50 bits per heavy atom. The van der Waals surface area contributed by atoms with Crippen LogP contribution < -0.4 is 10.6 Å². The zero-order valence-electron chi connectivity index (χ0n) is 15.5. The molecule has 0 aromatic heterocycles. The third-order valence-corrected chi connectivity index (χ3v) is 5.16. The molecular formula is C20H21ClN2O4S. The molecule has 8 heteroatoms. The second-order valence-corrected chi connectivity index (χ2v) is 7.90. The topological polar surface area (TPSA) is 95.5 Å². The second kappa shape index (κ2) is 10.1. The van der Waals surface area contributed by atoms with Gasteiger partial charge in [0, 0.05) is 22.7 Å². The maximum absolute atomic E-state index is 12.4. The van der Waals surface area contributed by atoms with E-state index >= 15 is 0 Å². The number of carboxylic acid groups (broad SMARTS) is 1. The lowest BCUT2D eigenvalue weighted by Crippen LogP contribution is -2.22. The lowest BCUT2D eigenvalue weighted by Gasteiger charge is -2.13. The number of hydrogen-bond donors (Lipinski definition) is 3. The van der Waals surface area contributed by atoms with Crippen LogP contribution in [-0.4, -0.2) is 28.1 Å². The minimum atomic E-state index is -1.16. The van der Waals surface area contributed by atoms with Crippen LogP contribution in [0.2, 0.25) is 5.02 Å². The van der Waals surface area contributed by atoms with Gasteiger partial charge in [0.25, 0.3) is 0 Å². The number of amides is 2. The molecule has 28 heavy (non-hydrogen) atoms. The largest absolute Gasteiger partial charge is 0.478 e. The molecule has 3 N–H and O–H groups in total. The summed E-state index contributed by atoms with van der Waals surface area (Å²) >= 11 is 7.17. The second-order valence-electron chi connectivity index (χ2n) is 6.08. The summed E-state index contributed by atoms with van der Waals surface area (Å²) < 4.78 is 0. The van der Waals surface area contributed by atoms with Crippen molar-refractivity contribution in [3.05, 3.63) is 53.1 Å². The van der Waals surface area contributed by atoms with Gasteiger partial charge in [-0.3, -0.25) is 9.59 Å². The molecule has 0 aliphatic carbocycles. The molecule has 0 bridgehead atoms. The average molecular weight is 421 g/mol. The molecule has 2 amide bonds. The van der Waals surface area contributed by atoms with E-state index in [1.54, 1.807) is 19.1 Å². The summed E-state index contributed by atoms with van der Waals surface area (Å²) in [6.07, 6.45) is 1.22. The van der Waals surface area contributed by atoms with Crippen LogP contribution in [-0.2, 0) is 9.59 Å². The van der Waals surface area contributed by atoms with Crippen molar-refractivity contribution >= 4 is 52.5 Å². The number of carboxylic acids is 1. The molecule has 148 valence electrons. The van der Waals surface area contributed by atoms with Gasteiger partial charge in [-0.2, -0.15) is 0 Å². The summed E-state index contributed by atoms with van der Waals surface area (Å²) in [6.45, 7) is 3.68. The minimum absolute atomic E-state index is 0.0487. The fourth-order valence-corrected chi connectivity index (χ4v) is 3.49. The third kappa shape index (κ3) is 6.28. The van der Waals surface area contributed by atoms with E-state index in [-0.39, 0.29) is 22.4 Å². The maximum atomic E-state index is 12.4. The maximum Gasteiger partial charge on any atom is 0.337 e. The SMILES string of the molecule is CCCC(=O)Nc1cccc(SC(C)C(=O)Nc2ccc(Cl)c(C(=O)O)c2)c1. The number of carbonyl (C=O) groups excluding carboxylic acids is 2. The van der Waals surface area contributed by atoms with Crippen LogP contribution >= 0.6 is 23.4 Å². The predicted octanol–water partition coefficient (Wildman–Crippen LogP) is 4.90. The summed E-state index contributed by atoms with van der Waals surface area (Å²) in [4.78, 5) is 36.2. The van der Waals surface area contributed by atoms with E-state index in [1.807, 2.05) is 25.1 Å². The van der Waals surface area contributed by atoms with Crippen molar-refractivity contribution in [1.29, 1.82) is 0 Å². The Hall–Kier alpha value is -2.51. The average Bonchev–Trinajstić information content (AvgIpc) is 2.63. The fourth-order valence-electron chi connectivity index (χ4n) is 2.37. The molecule has 2 aromatic carbocycles. The van der Waals surface area contributed by atoms with Gasteiger partial charge in [-0.25, -0.2) is 4.79 Å². The molecule has 0 heterocycles. The van der Waals surface area contributed by atoms with E-state index in [0.29, 0.717) is 17.8 Å². The molecule has 0 radical (unpaired) electrons. The molecule has 0 spiro atoms. The molecule has 2 rings (SSSR count). The number of thioether (sulfide) groups is 1. The summed E-state index contributed by atoms with van der Waals surface area (Å²) in [5.74, 6) is -1.48. The number of carbonyl (C=O) groups is 3. The quantitative estimate of drug-likeness (QED) is 0.528. The van der Waals surface area contributed by atoms with Gasteiger partial charge in [0.05, 0.1) is 15.8 Å². The van der Waals surface area contributed by atoms with Crippen LogP contribution in [0.3, 0.4) is 0 Å². The van der Waals surface area contributed by atoms with Crippen molar-refractivity contribution in [2.75, 3.05) is 10.6 Å². The number of nitrogens with one attached hydrogen (secondary N) is 2. The summed E-state index contributed by atoms with van der Waals surface area (Å²) in [6, 6.07) is 11.6. The highest BCUT2D eigenvalue weighted by Crippen LogP contribution is 2.27. The molecule has 0 aliphatic heterocycles. The van der Waals surface area contributed by atoms with Crippen molar-refractivity contribution in [2.45, 2.75) is 36.8 Å². The van der Waals surface area contributed by atoms with E-state index < -0.39 is 11.2 Å². The van der Waals surface area contributed by atoms with Gasteiger partial charge in [-0.15, -0.1) is 11.8 Å². The minimum Gasteiger partial charge on any atom is -0.478 e. The van der Waals surface area contributed by atoms with Gasteiger partial charge < -0.3 is 15.7 Å². The van der Waals surface area contributed by atoms with E-state index in [4.69, 9.17) is 16.7 Å². The van der Waals surface area contributed by atoms with Gasteiger partial charge in [0.1, 0.15) is 0 Å².